The predicted octanol–water partition coefficient (Wildman–Crippen LogP) is 4.35. The van der Waals surface area contributed by atoms with E-state index in [1.54, 1.807) is 0 Å². The fourth-order valence-electron chi connectivity index (χ4n) is 1.89. The van der Waals surface area contributed by atoms with Crippen molar-refractivity contribution >= 4 is 17.8 Å². The molecule has 0 saturated carbocycles. The summed E-state index contributed by atoms with van der Waals surface area (Å²) in [7, 11) is 4.07. The maximum Gasteiger partial charge on any atom is 0.0991 e. The van der Waals surface area contributed by atoms with Gasteiger partial charge in [-0.3, -0.25) is 0 Å². The molecule has 21 heavy (non-hydrogen) atoms. The maximum atomic E-state index is 8.74. The predicted molar refractivity (Wildman–Crippen MR) is 90.0 cm³/mol. The summed E-state index contributed by atoms with van der Waals surface area (Å²) in [6.07, 6.45) is 8.11. The Balaban J connectivity index is 1.97. The van der Waals surface area contributed by atoms with Gasteiger partial charge in [0.15, 0.2) is 0 Å². The summed E-state index contributed by atoms with van der Waals surface area (Å²) in [5, 5.41) is 8.74. The molecule has 0 radical (unpaired) electrons. The van der Waals surface area contributed by atoms with Gasteiger partial charge in [0, 0.05) is 19.8 Å². The molecule has 2 nitrogen and oxygen atoms in total. The first-order chi connectivity index (χ1) is 10.2. The summed E-state index contributed by atoms with van der Waals surface area (Å²) in [6, 6.07) is 18.0. The minimum atomic E-state index is 0.684. The third-order valence-electron chi connectivity index (χ3n) is 3.14. The lowest BCUT2D eigenvalue weighted by Gasteiger charge is -2.11. The number of rotatable bonds is 4. The van der Waals surface area contributed by atoms with Crippen LogP contribution >= 0.6 is 0 Å². The second-order valence-electron chi connectivity index (χ2n) is 4.94. The fraction of sp³-hybridized carbons (Fsp3) is 0.105. The summed E-state index contributed by atoms with van der Waals surface area (Å²) in [6.45, 7) is 0. The maximum absolute atomic E-state index is 8.74. The highest BCUT2D eigenvalue weighted by molar-refractivity contribution is 5.59. The molecule has 2 heteroatoms. The SMILES string of the molecule is CN(C)c1ccc(/C=C/C=C/c2ccc(C#N)cc2)cc1. The van der Waals surface area contributed by atoms with Crippen LogP contribution in [0.15, 0.2) is 60.7 Å². The molecule has 0 aromatic heterocycles. The number of allylic oxidation sites excluding steroid dienone is 2. The van der Waals surface area contributed by atoms with Crippen molar-refractivity contribution in [1.29, 1.82) is 5.26 Å². The Morgan fingerprint density at radius 3 is 1.71 bits per heavy atom. The van der Waals surface area contributed by atoms with E-state index in [1.807, 2.05) is 56.6 Å². The molecule has 0 spiro atoms. The van der Waals surface area contributed by atoms with Gasteiger partial charge in [-0.2, -0.15) is 5.26 Å². The third kappa shape index (κ3) is 4.36. The van der Waals surface area contributed by atoms with Gasteiger partial charge >= 0.3 is 0 Å². The summed E-state index contributed by atoms with van der Waals surface area (Å²) >= 11 is 0. The lowest BCUT2D eigenvalue weighted by molar-refractivity contribution is 1.13. The Bertz CT molecular complexity index is 669. The van der Waals surface area contributed by atoms with Gasteiger partial charge in [-0.1, -0.05) is 48.6 Å². The Morgan fingerprint density at radius 1 is 0.810 bits per heavy atom. The largest absolute Gasteiger partial charge is 0.378 e. The van der Waals surface area contributed by atoms with E-state index in [4.69, 9.17) is 5.26 Å². The number of nitriles is 1. The summed E-state index contributed by atoms with van der Waals surface area (Å²) in [5.74, 6) is 0. The van der Waals surface area contributed by atoms with Crippen molar-refractivity contribution in [3.05, 3.63) is 77.4 Å². The van der Waals surface area contributed by atoms with Gasteiger partial charge in [0.25, 0.3) is 0 Å². The molecule has 0 fully saturated rings. The molecule has 0 bridgehead atoms. The van der Waals surface area contributed by atoms with Crippen LogP contribution in [0.25, 0.3) is 12.2 Å². The van der Waals surface area contributed by atoms with Gasteiger partial charge in [0.1, 0.15) is 0 Å². The molecule has 104 valence electrons. The highest BCUT2D eigenvalue weighted by atomic mass is 15.1. The number of nitrogens with zero attached hydrogens (tertiary/aromatic N) is 2. The first kappa shape index (κ1) is 14.6. The topological polar surface area (TPSA) is 27.0 Å². The van der Waals surface area contributed by atoms with Crippen LogP contribution in [0.4, 0.5) is 5.69 Å². The van der Waals surface area contributed by atoms with Crippen molar-refractivity contribution in [2.75, 3.05) is 19.0 Å². The highest BCUT2D eigenvalue weighted by Gasteiger charge is 1.93. The van der Waals surface area contributed by atoms with Gasteiger partial charge in [0.2, 0.25) is 0 Å². The smallest absolute Gasteiger partial charge is 0.0991 e. The highest BCUT2D eigenvalue weighted by Crippen LogP contribution is 2.13. The molecule has 0 heterocycles. The minimum absolute atomic E-state index is 0.684. The van der Waals surface area contributed by atoms with E-state index in [0.29, 0.717) is 5.56 Å². The van der Waals surface area contributed by atoms with Crippen molar-refractivity contribution < 1.29 is 0 Å². The molecule has 2 aromatic carbocycles. The number of anilines is 1. The molecular weight excluding hydrogens is 256 g/mol. The van der Waals surface area contributed by atoms with Crippen LogP contribution in [0.2, 0.25) is 0 Å². The second-order valence-corrected chi connectivity index (χ2v) is 4.94. The molecule has 0 aliphatic rings. The van der Waals surface area contributed by atoms with E-state index in [1.165, 1.54) is 11.3 Å². The Morgan fingerprint density at radius 2 is 1.29 bits per heavy atom. The van der Waals surface area contributed by atoms with Gasteiger partial charge in [-0.05, 0) is 35.4 Å². The summed E-state index contributed by atoms with van der Waals surface area (Å²) in [4.78, 5) is 2.08. The molecule has 0 N–H and O–H groups in total. The molecule has 0 aliphatic carbocycles. The van der Waals surface area contributed by atoms with Crippen molar-refractivity contribution in [2.24, 2.45) is 0 Å². The molecule has 0 unspecified atom stereocenters. The van der Waals surface area contributed by atoms with Crippen LogP contribution in [-0.4, -0.2) is 14.1 Å². The normalized spacial score (nSPS) is 10.9. The average Bonchev–Trinajstić information content (AvgIpc) is 2.52. The number of benzene rings is 2. The second kappa shape index (κ2) is 7.12. The van der Waals surface area contributed by atoms with E-state index in [0.717, 1.165) is 5.56 Å². The summed E-state index contributed by atoms with van der Waals surface area (Å²) < 4.78 is 0. The molecule has 0 saturated heterocycles. The molecule has 0 aliphatic heterocycles. The van der Waals surface area contributed by atoms with Crippen LogP contribution in [-0.2, 0) is 0 Å². The van der Waals surface area contributed by atoms with E-state index in [2.05, 4.69) is 41.3 Å². The monoisotopic (exact) mass is 274 g/mol. The molecular formula is C19H18N2. The van der Waals surface area contributed by atoms with E-state index in [-0.39, 0.29) is 0 Å². The quantitative estimate of drug-likeness (QED) is 0.775. The van der Waals surface area contributed by atoms with Crippen molar-refractivity contribution in [1.82, 2.24) is 0 Å². The van der Waals surface area contributed by atoms with Crippen molar-refractivity contribution in [3.8, 4) is 6.07 Å². The van der Waals surface area contributed by atoms with E-state index < -0.39 is 0 Å². The van der Waals surface area contributed by atoms with Crippen molar-refractivity contribution in [2.45, 2.75) is 0 Å². The fourth-order valence-corrected chi connectivity index (χ4v) is 1.89. The Kier molecular flexibility index (Phi) is 4.95. The van der Waals surface area contributed by atoms with Crippen LogP contribution in [0.5, 0.6) is 0 Å². The Hall–Kier alpha value is -2.79. The molecule has 0 amide bonds. The average molecular weight is 274 g/mol. The zero-order chi connectivity index (χ0) is 15.1. The molecule has 2 aromatic rings. The van der Waals surface area contributed by atoms with Crippen molar-refractivity contribution in [3.63, 3.8) is 0 Å². The molecule has 2 rings (SSSR count). The first-order valence-corrected chi connectivity index (χ1v) is 6.81. The van der Waals surface area contributed by atoms with E-state index in [9.17, 15) is 0 Å². The minimum Gasteiger partial charge on any atom is -0.378 e. The molecule has 0 atom stereocenters. The lowest BCUT2D eigenvalue weighted by Crippen LogP contribution is -2.07. The van der Waals surface area contributed by atoms with Crippen LogP contribution in [0.1, 0.15) is 16.7 Å². The zero-order valence-electron chi connectivity index (χ0n) is 12.3. The first-order valence-electron chi connectivity index (χ1n) is 6.81. The number of hydrogen-bond acceptors (Lipinski definition) is 2. The van der Waals surface area contributed by atoms with E-state index >= 15 is 0 Å². The van der Waals surface area contributed by atoms with Crippen LogP contribution < -0.4 is 4.90 Å². The lowest BCUT2D eigenvalue weighted by atomic mass is 10.1. The van der Waals surface area contributed by atoms with Gasteiger partial charge in [-0.15, -0.1) is 0 Å². The van der Waals surface area contributed by atoms with Gasteiger partial charge < -0.3 is 4.90 Å². The number of hydrogen-bond donors (Lipinski definition) is 0. The van der Waals surface area contributed by atoms with Gasteiger partial charge in [0.05, 0.1) is 11.6 Å². The summed E-state index contributed by atoms with van der Waals surface area (Å²) in [5.41, 5.74) is 4.13. The van der Waals surface area contributed by atoms with Crippen LogP contribution in [0, 0.1) is 11.3 Å². The standard InChI is InChI=1S/C19H18N2/c1-21(2)19-13-11-17(12-14-19)6-4-3-5-16-7-9-18(15-20)10-8-16/h3-14H,1-2H3/b5-3+,6-4+. The Labute approximate surface area is 126 Å². The van der Waals surface area contributed by atoms with Gasteiger partial charge in [-0.25, -0.2) is 0 Å². The zero-order valence-corrected chi connectivity index (χ0v) is 12.3. The van der Waals surface area contributed by atoms with Crippen LogP contribution in [0.3, 0.4) is 0 Å². The third-order valence-corrected chi connectivity index (χ3v) is 3.14.